The van der Waals surface area contributed by atoms with Gasteiger partial charge in [-0.05, 0) is 50.2 Å². The monoisotopic (exact) mass is 560 g/mol. The topological polar surface area (TPSA) is 103 Å². The molecule has 0 unspecified atom stereocenters. The Hall–Kier alpha value is -5.61. The molecule has 210 valence electrons. The number of amides is 2. The summed E-state index contributed by atoms with van der Waals surface area (Å²) in [5, 5.41) is 0. The van der Waals surface area contributed by atoms with Crippen molar-refractivity contribution in [3.05, 3.63) is 94.1 Å². The maximum atomic E-state index is 12.6. The first-order valence-electron chi connectivity index (χ1n) is 13.2. The smallest absolute Gasteiger partial charge is 0.358 e. The molecule has 0 radical (unpaired) electrons. The van der Waals surface area contributed by atoms with Crippen LogP contribution in [0.15, 0.2) is 49.1 Å². The summed E-state index contributed by atoms with van der Waals surface area (Å²) in [6, 6.07) is 10.7. The second-order valence-electron chi connectivity index (χ2n) is 9.85. The fraction of sp³-hybridized carbons (Fsp3) is 0.219. The molecule has 0 bridgehead atoms. The standard InChI is InChI=1S/C17H15N3O3.C15H13N3O/c1-4-11-6-7-13-12(8-11)16(21)19(3)9-14-15(17(22)23-5-2)18-10-20(13)14;1-4-11-5-6-13-12(7-11)15(19)17(3)8-14-10(2)16-9-18(13)14/h1,6-8,10H,5,9H2,2-3H3;1,5-7,9H,8H2,2-3H3. The Morgan fingerprint density at radius 3 is 1.88 bits per heavy atom. The number of carbonyl (C=O) groups excluding carboxylic acids is 3. The average Bonchev–Trinajstić information content (AvgIpc) is 3.53. The second-order valence-corrected chi connectivity index (χ2v) is 9.85. The third-order valence-electron chi connectivity index (χ3n) is 7.18. The number of nitrogens with zero attached hydrogens (tertiary/aromatic N) is 6. The summed E-state index contributed by atoms with van der Waals surface area (Å²) in [4.78, 5) is 48.8. The van der Waals surface area contributed by atoms with E-state index in [1.165, 1.54) is 11.2 Å². The molecule has 2 amide bonds. The van der Waals surface area contributed by atoms with Crippen LogP contribution in [0.5, 0.6) is 0 Å². The average molecular weight is 561 g/mol. The molecule has 0 saturated heterocycles. The molecule has 42 heavy (non-hydrogen) atoms. The Labute approximate surface area is 243 Å². The molecule has 4 heterocycles. The van der Waals surface area contributed by atoms with Crippen molar-refractivity contribution in [1.82, 2.24) is 28.9 Å². The summed E-state index contributed by atoms with van der Waals surface area (Å²) in [5.74, 6) is 4.42. The molecule has 0 saturated carbocycles. The van der Waals surface area contributed by atoms with Crippen molar-refractivity contribution in [2.45, 2.75) is 26.9 Å². The minimum atomic E-state index is -0.495. The minimum Gasteiger partial charge on any atom is -0.461 e. The second kappa shape index (κ2) is 11.1. The Balaban J connectivity index is 0.000000171. The highest BCUT2D eigenvalue weighted by Crippen LogP contribution is 2.28. The molecule has 0 aliphatic carbocycles. The van der Waals surface area contributed by atoms with E-state index in [9.17, 15) is 14.4 Å². The van der Waals surface area contributed by atoms with E-state index in [4.69, 9.17) is 17.6 Å². The zero-order valence-corrected chi connectivity index (χ0v) is 23.7. The van der Waals surface area contributed by atoms with E-state index in [0.29, 0.717) is 40.2 Å². The van der Waals surface area contributed by atoms with E-state index in [1.54, 1.807) is 61.1 Å². The lowest BCUT2D eigenvalue weighted by atomic mass is 10.1. The summed E-state index contributed by atoms with van der Waals surface area (Å²) < 4.78 is 8.74. The van der Waals surface area contributed by atoms with Crippen LogP contribution in [0.3, 0.4) is 0 Å². The molecule has 6 rings (SSSR count). The Bertz CT molecular complexity index is 1830. The van der Waals surface area contributed by atoms with Crippen LogP contribution < -0.4 is 0 Å². The molecule has 2 aromatic heterocycles. The maximum Gasteiger partial charge on any atom is 0.358 e. The van der Waals surface area contributed by atoms with Crippen molar-refractivity contribution in [2.75, 3.05) is 20.7 Å². The molecule has 2 aliphatic rings. The Morgan fingerprint density at radius 1 is 0.857 bits per heavy atom. The zero-order valence-electron chi connectivity index (χ0n) is 23.7. The van der Waals surface area contributed by atoms with Crippen molar-refractivity contribution >= 4 is 17.8 Å². The number of ether oxygens (including phenoxy) is 1. The molecule has 2 aliphatic heterocycles. The molecule has 0 spiro atoms. The number of carbonyl (C=O) groups is 3. The molecule has 0 fully saturated rings. The highest BCUT2D eigenvalue weighted by Gasteiger charge is 2.29. The molecule has 10 nitrogen and oxygen atoms in total. The van der Waals surface area contributed by atoms with E-state index >= 15 is 0 Å². The highest BCUT2D eigenvalue weighted by molar-refractivity contribution is 6.00. The number of rotatable bonds is 2. The predicted molar refractivity (Wildman–Crippen MR) is 155 cm³/mol. The van der Waals surface area contributed by atoms with Gasteiger partial charge in [-0.25, -0.2) is 14.8 Å². The van der Waals surface area contributed by atoms with Gasteiger partial charge in [0.05, 0.1) is 65.6 Å². The van der Waals surface area contributed by atoms with Gasteiger partial charge in [-0.2, -0.15) is 0 Å². The summed E-state index contributed by atoms with van der Waals surface area (Å²) >= 11 is 0. The van der Waals surface area contributed by atoms with Crippen molar-refractivity contribution in [3.8, 4) is 36.1 Å². The van der Waals surface area contributed by atoms with Crippen LogP contribution in [0.2, 0.25) is 0 Å². The molecule has 0 atom stereocenters. The minimum absolute atomic E-state index is 0.0183. The van der Waals surface area contributed by atoms with Gasteiger partial charge in [-0.15, -0.1) is 12.8 Å². The van der Waals surface area contributed by atoms with Crippen LogP contribution >= 0.6 is 0 Å². The Kier molecular flexibility index (Phi) is 7.39. The fourth-order valence-corrected chi connectivity index (χ4v) is 4.98. The van der Waals surface area contributed by atoms with Crippen LogP contribution in [0.4, 0.5) is 0 Å². The lowest BCUT2D eigenvalue weighted by Crippen LogP contribution is -2.26. The van der Waals surface area contributed by atoms with Crippen LogP contribution in [-0.2, 0) is 17.8 Å². The SMILES string of the molecule is C#Cc1ccc2c(c1)C(=O)N(C)Cc1c(C(=O)OCC)ncn1-2.C#Cc1ccc2c(c1)C(=O)N(C)Cc1c(C)ncn1-2. The van der Waals surface area contributed by atoms with Gasteiger partial charge in [0.2, 0.25) is 0 Å². The fourth-order valence-electron chi connectivity index (χ4n) is 4.98. The van der Waals surface area contributed by atoms with Gasteiger partial charge in [-0.3, -0.25) is 14.2 Å². The molecule has 2 aromatic carbocycles. The molecule has 0 N–H and O–H groups in total. The first-order valence-corrected chi connectivity index (χ1v) is 13.2. The number of hydrogen-bond acceptors (Lipinski definition) is 6. The van der Waals surface area contributed by atoms with E-state index in [2.05, 4.69) is 21.8 Å². The van der Waals surface area contributed by atoms with E-state index in [1.807, 2.05) is 23.6 Å². The normalized spacial score (nSPS) is 13.2. The number of hydrogen-bond donors (Lipinski definition) is 0. The third-order valence-corrected chi connectivity index (χ3v) is 7.18. The maximum absolute atomic E-state index is 12.6. The molecular formula is C32H28N6O4. The van der Waals surface area contributed by atoms with Crippen LogP contribution in [0, 0.1) is 31.6 Å². The summed E-state index contributed by atoms with van der Waals surface area (Å²) in [7, 11) is 3.46. The predicted octanol–water partition coefficient (Wildman–Crippen LogP) is 3.36. The van der Waals surface area contributed by atoms with E-state index in [-0.39, 0.29) is 30.7 Å². The number of esters is 1. The van der Waals surface area contributed by atoms with Gasteiger partial charge in [0.25, 0.3) is 11.8 Å². The quantitative estimate of drug-likeness (QED) is 0.275. The first kappa shape index (κ1) is 27.9. The Morgan fingerprint density at radius 2 is 1.36 bits per heavy atom. The van der Waals surface area contributed by atoms with Crippen molar-refractivity contribution in [2.24, 2.45) is 0 Å². The number of aryl methyl sites for hydroxylation is 1. The zero-order chi connectivity index (χ0) is 30.1. The van der Waals surface area contributed by atoms with E-state index in [0.717, 1.165) is 17.1 Å². The molecule has 10 heteroatoms. The summed E-state index contributed by atoms with van der Waals surface area (Å²) in [6.45, 7) is 4.75. The van der Waals surface area contributed by atoms with Gasteiger partial charge in [0.1, 0.15) is 6.33 Å². The lowest BCUT2D eigenvalue weighted by molar-refractivity contribution is 0.0515. The van der Waals surface area contributed by atoms with Crippen molar-refractivity contribution < 1.29 is 19.1 Å². The highest BCUT2D eigenvalue weighted by atomic mass is 16.5. The van der Waals surface area contributed by atoms with Crippen LogP contribution in [-0.4, -0.2) is 67.4 Å². The third kappa shape index (κ3) is 4.80. The number of benzene rings is 2. The van der Waals surface area contributed by atoms with Gasteiger partial charge in [0.15, 0.2) is 5.69 Å². The lowest BCUT2D eigenvalue weighted by Gasteiger charge is -2.14. The van der Waals surface area contributed by atoms with Crippen molar-refractivity contribution in [3.63, 3.8) is 0 Å². The van der Waals surface area contributed by atoms with Gasteiger partial charge < -0.3 is 19.1 Å². The van der Waals surface area contributed by atoms with Gasteiger partial charge in [-0.1, -0.05) is 11.8 Å². The summed E-state index contributed by atoms with van der Waals surface area (Å²) in [5.41, 5.74) is 6.73. The number of terminal acetylenes is 2. The van der Waals surface area contributed by atoms with E-state index < -0.39 is 5.97 Å². The number of imidazole rings is 2. The number of fused-ring (bicyclic) bond motifs is 6. The molecular weight excluding hydrogens is 532 g/mol. The number of aromatic nitrogens is 4. The molecule has 4 aromatic rings. The van der Waals surface area contributed by atoms with Crippen molar-refractivity contribution in [1.29, 1.82) is 0 Å². The van der Waals surface area contributed by atoms with Crippen LogP contribution in [0.1, 0.15) is 66.3 Å². The van der Waals surface area contributed by atoms with Crippen LogP contribution in [0.25, 0.3) is 11.4 Å². The summed E-state index contributed by atoms with van der Waals surface area (Å²) in [6.07, 6.45) is 14.1. The first-order chi connectivity index (χ1) is 20.2. The van der Waals surface area contributed by atoms with Gasteiger partial charge >= 0.3 is 5.97 Å². The van der Waals surface area contributed by atoms with Gasteiger partial charge in [0, 0.05) is 25.2 Å². The largest absolute Gasteiger partial charge is 0.461 e.